The van der Waals surface area contributed by atoms with Gasteiger partial charge >= 0.3 is 0 Å². The number of hydrogen-bond acceptors (Lipinski definition) is 4. The van der Waals surface area contributed by atoms with Gasteiger partial charge < -0.3 is 14.2 Å². The smallest absolute Gasteiger partial charge is 0.260 e. The summed E-state index contributed by atoms with van der Waals surface area (Å²) in [6.45, 7) is 5.42. The lowest BCUT2D eigenvalue weighted by Crippen LogP contribution is -2.42. The minimum Gasteiger partial charge on any atom is -0.378 e. The number of para-hydroxylation sites is 2. The normalized spacial score (nSPS) is 19.9. The number of amides is 2. The number of likely N-dealkylation sites (tertiary alicyclic amines) is 1. The number of carbonyl (C=O) groups excluding carboxylic acids is 2. The molecule has 2 aromatic carbocycles. The molecule has 1 aromatic heterocycles. The van der Waals surface area contributed by atoms with Crippen molar-refractivity contribution in [3.63, 3.8) is 0 Å². The van der Waals surface area contributed by atoms with Gasteiger partial charge in [-0.3, -0.25) is 19.4 Å². The van der Waals surface area contributed by atoms with Crippen molar-refractivity contribution in [3.05, 3.63) is 65.9 Å². The second-order valence-corrected chi connectivity index (χ2v) is 9.85. The number of morpholine rings is 1. The minimum absolute atomic E-state index is 0.0444. The first-order valence-corrected chi connectivity index (χ1v) is 13.0. The van der Waals surface area contributed by atoms with Gasteiger partial charge in [-0.1, -0.05) is 42.8 Å². The molecule has 4 heterocycles. The van der Waals surface area contributed by atoms with E-state index < -0.39 is 0 Å². The summed E-state index contributed by atoms with van der Waals surface area (Å²) >= 11 is 0. The van der Waals surface area contributed by atoms with Gasteiger partial charge in [-0.05, 0) is 44.1 Å². The highest BCUT2D eigenvalue weighted by Gasteiger charge is 2.33. The molecule has 186 valence electrons. The van der Waals surface area contributed by atoms with E-state index in [0.717, 1.165) is 40.8 Å². The highest BCUT2D eigenvalue weighted by Crippen LogP contribution is 2.39. The standard InChI is InChI=1S/C29H32N4O3/c34-28(31-14-16-36-17-15-31)20-32-19-22(23-8-2-4-10-26(23)32)18-25-24-9-3-5-11-27(24)33(29(25)35)21-30-12-6-1-7-13-30/h2-5,8-11,18-19H,1,6-7,12-17,20-21H2/b25-18-. The lowest BCUT2D eigenvalue weighted by molar-refractivity contribution is -0.135. The number of nitrogens with zero attached hydrogens (tertiary/aromatic N) is 4. The molecule has 6 rings (SSSR count). The number of fused-ring (bicyclic) bond motifs is 2. The van der Waals surface area contributed by atoms with Crippen LogP contribution in [-0.4, -0.2) is 72.2 Å². The van der Waals surface area contributed by atoms with E-state index in [1.807, 2.05) is 69.1 Å². The Kier molecular flexibility index (Phi) is 6.34. The third-order valence-corrected chi connectivity index (χ3v) is 7.54. The summed E-state index contributed by atoms with van der Waals surface area (Å²) in [7, 11) is 0. The fraction of sp³-hybridized carbons (Fsp3) is 0.379. The maximum atomic E-state index is 13.7. The minimum atomic E-state index is 0.0444. The largest absolute Gasteiger partial charge is 0.378 e. The number of piperidine rings is 1. The van der Waals surface area contributed by atoms with E-state index in [0.29, 0.717) is 38.5 Å². The van der Waals surface area contributed by atoms with Gasteiger partial charge in [0, 0.05) is 46.9 Å². The molecule has 2 amide bonds. The molecule has 0 bridgehead atoms. The predicted molar refractivity (Wildman–Crippen MR) is 141 cm³/mol. The van der Waals surface area contributed by atoms with Crippen molar-refractivity contribution in [1.82, 2.24) is 14.4 Å². The summed E-state index contributed by atoms with van der Waals surface area (Å²) in [6.07, 6.45) is 7.67. The van der Waals surface area contributed by atoms with Crippen molar-refractivity contribution in [3.8, 4) is 0 Å². The fourth-order valence-electron chi connectivity index (χ4n) is 5.62. The van der Waals surface area contributed by atoms with Crippen LogP contribution in [0.2, 0.25) is 0 Å². The van der Waals surface area contributed by atoms with Crippen molar-refractivity contribution in [2.24, 2.45) is 0 Å². The molecule has 0 aliphatic carbocycles. The third kappa shape index (κ3) is 4.33. The fourth-order valence-corrected chi connectivity index (χ4v) is 5.62. The number of anilines is 1. The zero-order chi connectivity index (χ0) is 24.5. The molecule has 0 unspecified atom stereocenters. The number of ether oxygens (including phenoxy) is 1. The van der Waals surface area contributed by atoms with E-state index in [1.54, 1.807) is 0 Å². The van der Waals surface area contributed by atoms with Crippen molar-refractivity contribution >= 4 is 40.1 Å². The molecule has 7 nitrogen and oxygen atoms in total. The first kappa shape index (κ1) is 23.0. The molecule has 0 atom stereocenters. The topological polar surface area (TPSA) is 58.0 Å². The van der Waals surface area contributed by atoms with Crippen LogP contribution in [0.15, 0.2) is 54.7 Å². The van der Waals surface area contributed by atoms with Crippen LogP contribution in [0.4, 0.5) is 5.69 Å². The molecule has 0 radical (unpaired) electrons. The highest BCUT2D eigenvalue weighted by molar-refractivity contribution is 6.36. The van der Waals surface area contributed by atoms with E-state index in [2.05, 4.69) is 11.0 Å². The van der Waals surface area contributed by atoms with Crippen LogP contribution < -0.4 is 4.90 Å². The summed E-state index contributed by atoms with van der Waals surface area (Å²) in [4.78, 5) is 32.9. The Bertz CT molecular complexity index is 1320. The van der Waals surface area contributed by atoms with Gasteiger partial charge in [0.15, 0.2) is 0 Å². The van der Waals surface area contributed by atoms with Crippen LogP contribution in [0.1, 0.15) is 30.4 Å². The number of benzene rings is 2. The van der Waals surface area contributed by atoms with Crippen molar-refractivity contribution in [2.45, 2.75) is 25.8 Å². The van der Waals surface area contributed by atoms with Gasteiger partial charge in [-0.15, -0.1) is 0 Å². The van der Waals surface area contributed by atoms with E-state index in [-0.39, 0.29) is 18.4 Å². The molecular formula is C29H32N4O3. The lowest BCUT2D eigenvalue weighted by atomic mass is 10.0. The summed E-state index contributed by atoms with van der Waals surface area (Å²) in [5.41, 5.74) is 4.62. The molecule has 3 aliphatic heterocycles. The quantitative estimate of drug-likeness (QED) is 0.517. The molecule has 2 fully saturated rings. The van der Waals surface area contributed by atoms with Gasteiger partial charge in [0.2, 0.25) is 5.91 Å². The second-order valence-electron chi connectivity index (χ2n) is 9.85. The zero-order valence-electron chi connectivity index (χ0n) is 20.6. The van der Waals surface area contributed by atoms with Gasteiger partial charge in [0.05, 0.1) is 25.6 Å². The van der Waals surface area contributed by atoms with E-state index in [9.17, 15) is 9.59 Å². The van der Waals surface area contributed by atoms with Gasteiger partial charge in [0.25, 0.3) is 5.91 Å². The number of aromatic nitrogens is 1. The molecule has 0 N–H and O–H groups in total. The van der Waals surface area contributed by atoms with Crippen LogP contribution >= 0.6 is 0 Å². The Balaban J connectivity index is 1.33. The Labute approximate surface area is 211 Å². The van der Waals surface area contributed by atoms with Crippen LogP contribution in [0, 0.1) is 0 Å². The molecule has 0 saturated carbocycles. The highest BCUT2D eigenvalue weighted by atomic mass is 16.5. The van der Waals surface area contributed by atoms with E-state index in [1.165, 1.54) is 19.3 Å². The monoisotopic (exact) mass is 484 g/mol. The summed E-state index contributed by atoms with van der Waals surface area (Å²) in [5, 5.41) is 1.04. The maximum Gasteiger partial charge on any atom is 0.260 e. The Morgan fingerprint density at radius 1 is 0.917 bits per heavy atom. The number of hydrogen-bond donors (Lipinski definition) is 0. The third-order valence-electron chi connectivity index (χ3n) is 7.54. The molecule has 3 aromatic rings. The number of rotatable bonds is 5. The van der Waals surface area contributed by atoms with Crippen molar-refractivity contribution < 1.29 is 14.3 Å². The van der Waals surface area contributed by atoms with Gasteiger partial charge in [-0.25, -0.2) is 0 Å². The molecule has 36 heavy (non-hydrogen) atoms. The van der Waals surface area contributed by atoms with E-state index in [4.69, 9.17) is 4.74 Å². The second kappa shape index (κ2) is 9.91. The summed E-state index contributed by atoms with van der Waals surface area (Å²) in [6, 6.07) is 16.2. The SMILES string of the molecule is O=C(Cn1cc(/C=C2\C(=O)N(CN3CCCCC3)c3ccccc32)c2ccccc21)N1CCOCC1. The molecular weight excluding hydrogens is 452 g/mol. The predicted octanol–water partition coefficient (Wildman–Crippen LogP) is 3.83. The van der Waals surface area contributed by atoms with Crippen LogP contribution in [0.5, 0.6) is 0 Å². The lowest BCUT2D eigenvalue weighted by Gasteiger charge is -2.30. The van der Waals surface area contributed by atoms with Crippen molar-refractivity contribution in [1.29, 1.82) is 0 Å². The Morgan fingerprint density at radius 3 is 2.50 bits per heavy atom. The maximum absolute atomic E-state index is 13.7. The number of carbonyl (C=O) groups is 2. The van der Waals surface area contributed by atoms with Crippen molar-refractivity contribution in [2.75, 3.05) is 51.0 Å². The van der Waals surface area contributed by atoms with Crippen LogP contribution in [0.3, 0.4) is 0 Å². The Hall–Kier alpha value is -3.42. The van der Waals surface area contributed by atoms with Crippen LogP contribution in [0.25, 0.3) is 22.6 Å². The summed E-state index contributed by atoms with van der Waals surface area (Å²) < 4.78 is 7.41. The molecule has 0 spiro atoms. The Morgan fingerprint density at radius 2 is 1.67 bits per heavy atom. The first-order chi connectivity index (χ1) is 17.7. The molecule has 7 heteroatoms. The molecule has 3 aliphatic rings. The average Bonchev–Trinajstić information content (AvgIpc) is 3.40. The average molecular weight is 485 g/mol. The summed E-state index contributed by atoms with van der Waals surface area (Å²) in [5.74, 6) is 0.135. The van der Waals surface area contributed by atoms with E-state index >= 15 is 0 Å². The first-order valence-electron chi connectivity index (χ1n) is 13.0. The zero-order valence-corrected chi connectivity index (χ0v) is 20.6. The molecule has 2 saturated heterocycles. The van der Waals surface area contributed by atoms with Gasteiger partial charge in [0.1, 0.15) is 6.54 Å². The van der Waals surface area contributed by atoms with Gasteiger partial charge in [-0.2, -0.15) is 0 Å². The van der Waals surface area contributed by atoms with Crippen LogP contribution in [-0.2, 0) is 20.9 Å².